The summed E-state index contributed by atoms with van der Waals surface area (Å²) in [5, 5.41) is 8.80. The number of amides is 1. The van der Waals surface area contributed by atoms with E-state index in [1.807, 2.05) is 24.3 Å². The molecular formula is C13H14BrNO3. The number of nitrogens with zero attached hydrogens (tertiary/aromatic N) is 1. The molecule has 1 aliphatic carbocycles. The van der Waals surface area contributed by atoms with Crippen LogP contribution in [0, 0.1) is 11.8 Å². The SMILES string of the molecule is CN(Cc1ccc(Br)cc1)C(=O)C1CC1C(=O)O. The summed E-state index contributed by atoms with van der Waals surface area (Å²) in [5.41, 5.74) is 1.03. The van der Waals surface area contributed by atoms with E-state index < -0.39 is 11.9 Å². The zero-order chi connectivity index (χ0) is 13.3. The third-order valence-corrected chi connectivity index (χ3v) is 3.66. The van der Waals surface area contributed by atoms with E-state index in [-0.39, 0.29) is 11.8 Å². The van der Waals surface area contributed by atoms with Gasteiger partial charge in [-0.2, -0.15) is 0 Å². The number of benzene rings is 1. The maximum absolute atomic E-state index is 11.9. The number of hydrogen-bond acceptors (Lipinski definition) is 2. The van der Waals surface area contributed by atoms with Crippen LogP contribution in [0.1, 0.15) is 12.0 Å². The minimum Gasteiger partial charge on any atom is -0.481 e. The predicted octanol–water partition coefficient (Wildman–Crippen LogP) is 2.13. The van der Waals surface area contributed by atoms with Gasteiger partial charge in [0, 0.05) is 18.1 Å². The molecule has 5 heteroatoms. The van der Waals surface area contributed by atoms with E-state index >= 15 is 0 Å². The Morgan fingerprint density at radius 3 is 2.44 bits per heavy atom. The maximum atomic E-state index is 11.9. The Balaban J connectivity index is 1.92. The smallest absolute Gasteiger partial charge is 0.307 e. The number of halogens is 1. The van der Waals surface area contributed by atoms with Gasteiger partial charge in [0.15, 0.2) is 0 Å². The summed E-state index contributed by atoms with van der Waals surface area (Å²) in [6.07, 6.45) is 0.471. The van der Waals surface area contributed by atoms with E-state index in [4.69, 9.17) is 5.11 Å². The van der Waals surface area contributed by atoms with Crippen molar-refractivity contribution in [3.8, 4) is 0 Å². The van der Waals surface area contributed by atoms with Crippen molar-refractivity contribution in [2.24, 2.45) is 11.8 Å². The summed E-state index contributed by atoms with van der Waals surface area (Å²) in [5.74, 6) is -1.76. The fourth-order valence-corrected chi connectivity index (χ4v) is 2.23. The summed E-state index contributed by atoms with van der Waals surface area (Å²) in [6, 6.07) is 7.72. The van der Waals surface area contributed by atoms with Crippen molar-refractivity contribution in [2.75, 3.05) is 7.05 Å². The molecule has 1 fully saturated rings. The van der Waals surface area contributed by atoms with Gasteiger partial charge in [0.05, 0.1) is 11.8 Å². The van der Waals surface area contributed by atoms with E-state index in [0.717, 1.165) is 10.0 Å². The van der Waals surface area contributed by atoms with Crippen LogP contribution >= 0.6 is 15.9 Å². The lowest BCUT2D eigenvalue weighted by Gasteiger charge is -2.17. The second-order valence-electron chi connectivity index (χ2n) is 4.61. The monoisotopic (exact) mass is 311 g/mol. The molecule has 1 saturated carbocycles. The molecule has 1 amide bonds. The lowest BCUT2D eigenvalue weighted by Crippen LogP contribution is -2.28. The Labute approximate surface area is 114 Å². The fourth-order valence-electron chi connectivity index (χ4n) is 1.97. The minimum absolute atomic E-state index is 0.0784. The fraction of sp³-hybridized carbons (Fsp3) is 0.385. The molecular weight excluding hydrogens is 298 g/mol. The quantitative estimate of drug-likeness (QED) is 0.926. The minimum atomic E-state index is -0.870. The summed E-state index contributed by atoms with van der Waals surface area (Å²) in [6.45, 7) is 0.509. The van der Waals surface area contributed by atoms with Crippen molar-refractivity contribution in [2.45, 2.75) is 13.0 Å². The highest BCUT2D eigenvalue weighted by Gasteiger charge is 2.49. The van der Waals surface area contributed by atoms with Crippen molar-refractivity contribution in [3.63, 3.8) is 0 Å². The first-order valence-electron chi connectivity index (χ1n) is 5.71. The zero-order valence-corrected chi connectivity index (χ0v) is 11.6. The van der Waals surface area contributed by atoms with Crippen molar-refractivity contribution in [1.82, 2.24) is 4.90 Å². The molecule has 0 spiro atoms. The second-order valence-corrected chi connectivity index (χ2v) is 5.52. The predicted molar refractivity (Wildman–Crippen MR) is 69.8 cm³/mol. The second kappa shape index (κ2) is 5.10. The van der Waals surface area contributed by atoms with Crippen LogP contribution in [0.2, 0.25) is 0 Å². The van der Waals surface area contributed by atoms with Crippen molar-refractivity contribution < 1.29 is 14.7 Å². The Morgan fingerprint density at radius 1 is 1.33 bits per heavy atom. The number of hydrogen-bond donors (Lipinski definition) is 1. The van der Waals surface area contributed by atoms with Gasteiger partial charge in [0.1, 0.15) is 0 Å². The first-order chi connectivity index (χ1) is 8.49. The third kappa shape index (κ3) is 2.90. The number of carboxylic acid groups (broad SMARTS) is 1. The summed E-state index contributed by atoms with van der Waals surface area (Å²) in [7, 11) is 1.71. The van der Waals surface area contributed by atoms with Crippen LogP contribution in [0.3, 0.4) is 0 Å². The van der Waals surface area contributed by atoms with Gasteiger partial charge in [-0.05, 0) is 24.1 Å². The molecule has 2 rings (SSSR count). The molecule has 2 unspecified atom stereocenters. The molecule has 0 saturated heterocycles. The van der Waals surface area contributed by atoms with E-state index in [1.54, 1.807) is 11.9 Å². The summed E-state index contributed by atoms with van der Waals surface area (Å²) >= 11 is 3.35. The normalized spacial score (nSPS) is 21.4. The van der Waals surface area contributed by atoms with Gasteiger partial charge in [-0.3, -0.25) is 9.59 Å². The van der Waals surface area contributed by atoms with Crippen molar-refractivity contribution >= 4 is 27.8 Å². The van der Waals surface area contributed by atoms with Gasteiger partial charge < -0.3 is 10.0 Å². The average molecular weight is 312 g/mol. The number of carbonyl (C=O) groups excluding carboxylic acids is 1. The standard InChI is InChI=1S/C13H14BrNO3/c1-15(7-8-2-4-9(14)5-3-8)12(16)10-6-11(10)13(17)18/h2-5,10-11H,6-7H2,1H3,(H,17,18). The van der Waals surface area contributed by atoms with Crippen molar-refractivity contribution in [1.29, 1.82) is 0 Å². The Kier molecular flexibility index (Phi) is 3.71. The molecule has 0 heterocycles. The van der Waals surface area contributed by atoms with Gasteiger partial charge in [0.2, 0.25) is 5.91 Å². The molecule has 1 N–H and O–H groups in total. The Bertz CT molecular complexity index is 472. The maximum Gasteiger partial charge on any atom is 0.307 e. The highest BCUT2D eigenvalue weighted by molar-refractivity contribution is 9.10. The molecule has 4 nitrogen and oxygen atoms in total. The van der Waals surface area contributed by atoms with Crippen LogP contribution in [0.5, 0.6) is 0 Å². The molecule has 96 valence electrons. The van der Waals surface area contributed by atoms with Crippen LogP contribution in [0.4, 0.5) is 0 Å². The average Bonchev–Trinajstić information content (AvgIpc) is 3.11. The van der Waals surface area contributed by atoms with Gasteiger partial charge in [-0.25, -0.2) is 0 Å². The third-order valence-electron chi connectivity index (χ3n) is 3.13. The first kappa shape index (κ1) is 13.1. The Morgan fingerprint density at radius 2 is 1.94 bits per heavy atom. The molecule has 0 radical (unpaired) electrons. The number of aliphatic carboxylic acids is 1. The molecule has 0 bridgehead atoms. The van der Waals surface area contributed by atoms with Crippen LogP contribution in [0.25, 0.3) is 0 Å². The first-order valence-corrected chi connectivity index (χ1v) is 6.50. The molecule has 0 aliphatic heterocycles. The topological polar surface area (TPSA) is 57.6 Å². The van der Waals surface area contributed by atoms with E-state index in [9.17, 15) is 9.59 Å². The van der Waals surface area contributed by atoms with Gasteiger partial charge in [0.25, 0.3) is 0 Å². The van der Waals surface area contributed by atoms with E-state index in [2.05, 4.69) is 15.9 Å². The van der Waals surface area contributed by atoms with E-state index in [1.165, 1.54) is 0 Å². The number of carbonyl (C=O) groups is 2. The van der Waals surface area contributed by atoms with Gasteiger partial charge in [-0.1, -0.05) is 28.1 Å². The number of carboxylic acids is 1. The van der Waals surface area contributed by atoms with Crippen LogP contribution in [-0.4, -0.2) is 28.9 Å². The molecule has 1 aromatic rings. The van der Waals surface area contributed by atoms with Gasteiger partial charge in [-0.15, -0.1) is 0 Å². The molecule has 0 aromatic heterocycles. The summed E-state index contributed by atoms with van der Waals surface area (Å²) in [4.78, 5) is 24.3. The molecule has 1 aliphatic rings. The largest absolute Gasteiger partial charge is 0.481 e. The van der Waals surface area contributed by atoms with Crippen LogP contribution in [0.15, 0.2) is 28.7 Å². The molecule has 18 heavy (non-hydrogen) atoms. The number of rotatable bonds is 4. The molecule has 1 aromatic carbocycles. The highest BCUT2D eigenvalue weighted by Crippen LogP contribution is 2.40. The van der Waals surface area contributed by atoms with Crippen LogP contribution in [-0.2, 0) is 16.1 Å². The summed E-state index contributed by atoms with van der Waals surface area (Å²) < 4.78 is 0.994. The Hall–Kier alpha value is -1.36. The molecule has 2 atom stereocenters. The van der Waals surface area contributed by atoms with Crippen molar-refractivity contribution in [3.05, 3.63) is 34.3 Å². The lowest BCUT2D eigenvalue weighted by atomic mass is 10.2. The zero-order valence-electron chi connectivity index (χ0n) is 9.97. The highest BCUT2D eigenvalue weighted by atomic mass is 79.9. The van der Waals surface area contributed by atoms with E-state index in [0.29, 0.717) is 13.0 Å². The van der Waals surface area contributed by atoms with Gasteiger partial charge >= 0.3 is 5.97 Å². The lowest BCUT2D eigenvalue weighted by molar-refractivity contribution is -0.141. The van der Waals surface area contributed by atoms with Crippen LogP contribution < -0.4 is 0 Å².